The molecule has 1 saturated heterocycles. The first-order valence-corrected chi connectivity index (χ1v) is 8.80. The van der Waals surface area contributed by atoms with Crippen molar-refractivity contribution in [2.24, 2.45) is 0 Å². The predicted octanol–water partition coefficient (Wildman–Crippen LogP) is 3.51. The normalized spacial score (nSPS) is 16.9. The highest BCUT2D eigenvalue weighted by Crippen LogP contribution is 2.31. The molecule has 0 spiro atoms. The Balaban J connectivity index is 1.44. The molecule has 7 nitrogen and oxygen atoms in total. The fourth-order valence-electron chi connectivity index (χ4n) is 3.57. The monoisotopic (exact) mass is 360 g/mol. The Morgan fingerprint density at radius 3 is 2.81 bits per heavy atom. The summed E-state index contributed by atoms with van der Waals surface area (Å²) in [5.74, 6) is 1.44. The van der Waals surface area contributed by atoms with Crippen molar-refractivity contribution in [1.29, 1.82) is 0 Å². The number of likely N-dealkylation sites (tertiary alicyclic amines) is 1. The summed E-state index contributed by atoms with van der Waals surface area (Å²) >= 11 is 0. The van der Waals surface area contributed by atoms with Gasteiger partial charge in [-0.2, -0.15) is 4.98 Å². The van der Waals surface area contributed by atoms with Gasteiger partial charge in [0.05, 0.1) is 5.39 Å². The van der Waals surface area contributed by atoms with E-state index in [4.69, 9.17) is 9.05 Å². The molecule has 5 rings (SSSR count). The second kappa shape index (κ2) is 6.35. The molecule has 0 aliphatic carbocycles. The fraction of sp³-hybridized carbons (Fsp3) is 0.200. The van der Waals surface area contributed by atoms with Crippen LogP contribution in [0.25, 0.3) is 22.2 Å². The van der Waals surface area contributed by atoms with E-state index in [1.807, 2.05) is 47.4 Å². The zero-order valence-corrected chi connectivity index (χ0v) is 14.4. The lowest BCUT2D eigenvalue weighted by Gasteiger charge is -2.16. The predicted molar refractivity (Wildman–Crippen MR) is 97.0 cm³/mol. The van der Waals surface area contributed by atoms with Gasteiger partial charge in [0.1, 0.15) is 5.52 Å². The molecule has 1 fully saturated rings. The van der Waals surface area contributed by atoms with Gasteiger partial charge in [0, 0.05) is 30.1 Å². The minimum Gasteiger partial charge on any atom is -0.355 e. The number of fused-ring (bicyclic) bond motifs is 1. The number of amides is 1. The molecule has 1 atom stereocenters. The van der Waals surface area contributed by atoms with E-state index in [-0.39, 0.29) is 11.8 Å². The van der Waals surface area contributed by atoms with Gasteiger partial charge in [-0.15, -0.1) is 0 Å². The molecule has 3 heterocycles. The van der Waals surface area contributed by atoms with Crippen LogP contribution in [0.1, 0.15) is 28.5 Å². The average molecular weight is 360 g/mol. The summed E-state index contributed by atoms with van der Waals surface area (Å²) in [6, 6.07) is 15.2. The van der Waals surface area contributed by atoms with Crippen molar-refractivity contribution in [3.63, 3.8) is 0 Å². The van der Waals surface area contributed by atoms with E-state index in [0.29, 0.717) is 30.2 Å². The number of aromatic nitrogens is 3. The number of benzene rings is 2. The molecule has 134 valence electrons. The molecule has 1 amide bonds. The van der Waals surface area contributed by atoms with Crippen LogP contribution in [0.5, 0.6) is 0 Å². The second-order valence-corrected chi connectivity index (χ2v) is 6.64. The Labute approximate surface area is 154 Å². The van der Waals surface area contributed by atoms with Crippen molar-refractivity contribution in [3.8, 4) is 11.3 Å². The largest absolute Gasteiger partial charge is 0.355 e. The summed E-state index contributed by atoms with van der Waals surface area (Å²) in [6.45, 7) is 1.26. The van der Waals surface area contributed by atoms with Gasteiger partial charge in [-0.3, -0.25) is 4.79 Å². The standard InChI is InChI=1S/C20H16N4O3/c25-20(24-9-8-15(11-24)19-21-12-26-23-19)14-6-7-17-16(10-14)18(27-22-17)13-4-2-1-3-5-13/h1-7,10,12,15H,8-9,11H2/t15-/m1/s1. The van der Waals surface area contributed by atoms with E-state index in [1.54, 1.807) is 6.07 Å². The Morgan fingerprint density at radius 1 is 1.11 bits per heavy atom. The van der Waals surface area contributed by atoms with Crippen LogP contribution in [0.2, 0.25) is 0 Å². The first-order valence-electron chi connectivity index (χ1n) is 8.80. The van der Waals surface area contributed by atoms with Crippen LogP contribution in [0, 0.1) is 0 Å². The number of nitrogens with zero attached hydrogens (tertiary/aromatic N) is 4. The Bertz CT molecular complexity index is 1090. The summed E-state index contributed by atoms with van der Waals surface area (Å²) in [7, 11) is 0. The number of carbonyl (C=O) groups excluding carboxylic acids is 1. The Hall–Kier alpha value is -3.48. The zero-order chi connectivity index (χ0) is 18.2. The van der Waals surface area contributed by atoms with Crippen molar-refractivity contribution in [1.82, 2.24) is 20.2 Å². The van der Waals surface area contributed by atoms with Crippen molar-refractivity contribution < 1.29 is 13.8 Å². The van der Waals surface area contributed by atoms with Crippen molar-refractivity contribution in [2.45, 2.75) is 12.3 Å². The van der Waals surface area contributed by atoms with Gasteiger partial charge in [0.2, 0.25) is 6.39 Å². The maximum absolute atomic E-state index is 13.0. The minimum atomic E-state index is -0.0110. The SMILES string of the molecule is O=C(c1ccc2noc(-c3ccccc3)c2c1)N1CC[C@@H](c2ncon2)C1. The lowest BCUT2D eigenvalue weighted by Crippen LogP contribution is -2.28. The highest BCUT2D eigenvalue weighted by atomic mass is 16.5. The van der Waals surface area contributed by atoms with Crippen LogP contribution in [0.3, 0.4) is 0 Å². The highest BCUT2D eigenvalue weighted by molar-refractivity contribution is 6.01. The summed E-state index contributed by atoms with van der Waals surface area (Å²) in [4.78, 5) is 18.9. The summed E-state index contributed by atoms with van der Waals surface area (Å²) < 4.78 is 10.3. The van der Waals surface area contributed by atoms with Gasteiger partial charge in [-0.05, 0) is 24.6 Å². The molecular formula is C20H16N4O3. The van der Waals surface area contributed by atoms with Gasteiger partial charge < -0.3 is 13.9 Å². The van der Waals surface area contributed by atoms with Gasteiger partial charge in [0.15, 0.2) is 11.6 Å². The maximum atomic E-state index is 13.0. The van der Waals surface area contributed by atoms with E-state index in [9.17, 15) is 4.79 Å². The molecule has 1 aliphatic heterocycles. The van der Waals surface area contributed by atoms with E-state index in [1.165, 1.54) is 6.39 Å². The van der Waals surface area contributed by atoms with Crippen LogP contribution < -0.4 is 0 Å². The van der Waals surface area contributed by atoms with Crippen LogP contribution >= 0.6 is 0 Å². The number of rotatable bonds is 3. The molecule has 27 heavy (non-hydrogen) atoms. The topological polar surface area (TPSA) is 85.3 Å². The van der Waals surface area contributed by atoms with Crippen LogP contribution in [0.4, 0.5) is 0 Å². The molecule has 2 aromatic carbocycles. The van der Waals surface area contributed by atoms with Crippen molar-refractivity contribution >= 4 is 16.8 Å². The summed E-state index contributed by atoms with van der Waals surface area (Å²) in [5, 5.41) is 8.85. The van der Waals surface area contributed by atoms with E-state index < -0.39 is 0 Å². The third-order valence-electron chi connectivity index (χ3n) is 4.98. The van der Waals surface area contributed by atoms with E-state index in [2.05, 4.69) is 15.3 Å². The van der Waals surface area contributed by atoms with E-state index in [0.717, 1.165) is 22.9 Å². The quantitative estimate of drug-likeness (QED) is 0.556. The number of carbonyl (C=O) groups is 1. The molecule has 0 unspecified atom stereocenters. The first-order chi connectivity index (χ1) is 13.3. The van der Waals surface area contributed by atoms with E-state index >= 15 is 0 Å². The Kier molecular flexibility index (Phi) is 3.71. The number of hydrogen-bond acceptors (Lipinski definition) is 6. The molecule has 1 aliphatic rings. The summed E-state index contributed by atoms with van der Waals surface area (Å²) in [5.41, 5.74) is 2.29. The number of hydrogen-bond donors (Lipinski definition) is 0. The van der Waals surface area contributed by atoms with Gasteiger partial charge in [-0.1, -0.05) is 40.6 Å². The molecular weight excluding hydrogens is 344 g/mol. The van der Waals surface area contributed by atoms with Gasteiger partial charge in [0.25, 0.3) is 5.91 Å². The lowest BCUT2D eigenvalue weighted by molar-refractivity contribution is 0.0790. The second-order valence-electron chi connectivity index (χ2n) is 6.64. The first kappa shape index (κ1) is 15.7. The minimum absolute atomic E-state index is 0.0110. The zero-order valence-electron chi connectivity index (χ0n) is 14.4. The lowest BCUT2D eigenvalue weighted by atomic mass is 10.1. The van der Waals surface area contributed by atoms with Crippen LogP contribution in [-0.2, 0) is 0 Å². The van der Waals surface area contributed by atoms with Crippen LogP contribution in [0.15, 0.2) is 64.0 Å². The fourth-order valence-corrected chi connectivity index (χ4v) is 3.57. The molecule has 0 N–H and O–H groups in total. The highest BCUT2D eigenvalue weighted by Gasteiger charge is 2.30. The third-order valence-corrected chi connectivity index (χ3v) is 4.98. The molecule has 0 bridgehead atoms. The van der Waals surface area contributed by atoms with Gasteiger partial charge >= 0.3 is 0 Å². The molecule has 0 radical (unpaired) electrons. The molecule has 4 aromatic rings. The van der Waals surface area contributed by atoms with Crippen molar-refractivity contribution in [2.75, 3.05) is 13.1 Å². The molecule has 2 aromatic heterocycles. The molecule has 7 heteroatoms. The summed E-state index contributed by atoms with van der Waals surface area (Å²) in [6.07, 6.45) is 2.15. The van der Waals surface area contributed by atoms with Crippen LogP contribution in [-0.4, -0.2) is 39.2 Å². The van der Waals surface area contributed by atoms with Crippen molar-refractivity contribution in [3.05, 3.63) is 66.3 Å². The van der Waals surface area contributed by atoms with Gasteiger partial charge in [-0.25, -0.2) is 0 Å². The Morgan fingerprint density at radius 2 is 2.00 bits per heavy atom. The smallest absolute Gasteiger partial charge is 0.253 e. The maximum Gasteiger partial charge on any atom is 0.253 e. The third kappa shape index (κ3) is 2.77. The molecule has 0 saturated carbocycles. The average Bonchev–Trinajstić information content (AvgIpc) is 3.47.